The molecule has 3 heteroatoms. The number of hydrogen-bond donors (Lipinski definition) is 1. The van der Waals surface area contributed by atoms with Crippen LogP contribution in [-0.4, -0.2) is 11.1 Å². The van der Waals surface area contributed by atoms with Gasteiger partial charge in [0.15, 0.2) is 0 Å². The van der Waals surface area contributed by atoms with E-state index in [4.69, 9.17) is 5.11 Å². The number of carboxylic acids is 1. The normalized spacial score (nSPS) is 12.8. The van der Waals surface area contributed by atoms with Crippen molar-refractivity contribution in [3.05, 3.63) is 33.8 Å². The summed E-state index contributed by atoms with van der Waals surface area (Å²) in [5, 5.41) is 8.93. The molecule has 0 spiro atoms. The molecule has 1 N–H and O–H groups in total. The molecule has 1 aromatic rings. The lowest BCUT2D eigenvalue weighted by Crippen LogP contribution is -2.13. The van der Waals surface area contributed by atoms with Crippen LogP contribution in [0.5, 0.6) is 0 Å². The van der Waals surface area contributed by atoms with E-state index in [1.54, 1.807) is 6.92 Å². The lowest BCUT2D eigenvalue weighted by atomic mass is 9.91. The fourth-order valence-corrected chi connectivity index (χ4v) is 2.14. The van der Waals surface area contributed by atoms with Crippen molar-refractivity contribution in [2.45, 2.75) is 33.1 Å². The summed E-state index contributed by atoms with van der Waals surface area (Å²) in [6, 6.07) is 6.09. The second kappa shape index (κ2) is 5.48. The number of benzene rings is 1. The van der Waals surface area contributed by atoms with Crippen molar-refractivity contribution in [2.75, 3.05) is 0 Å². The number of hydrogen-bond acceptors (Lipinski definition) is 1. The van der Waals surface area contributed by atoms with Crippen LogP contribution in [0.4, 0.5) is 0 Å². The van der Waals surface area contributed by atoms with Gasteiger partial charge in [0.25, 0.3) is 0 Å². The monoisotopic (exact) mass is 284 g/mol. The van der Waals surface area contributed by atoms with Gasteiger partial charge in [0.1, 0.15) is 0 Å². The minimum absolute atomic E-state index is 0.341. The maximum absolute atomic E-state index is 10.9. The van der Waals surface area contributed by atoms with E-state index in [0.29, 0.717) is 12.3 Å². The van der Waals surface area contributed by atoms with Crippen molar-refractivity contribution in [3.63, 3.8) is 0 Å². The zero-order valence-corrected chi connectivity index (χ0v) is 11.4. The van der Waals surface area contributed by atoms with Crippen LogP contribution in [0.3, 0.4) is 0 Å². The molecule has 1 atom stereocenters. The van der Waals surface area contributed by atoms with Gasteiger partial charge in [0.05, 0.1) is 5.92 Å². The first-order valence-corrected chi connectivity index (χ1v) is 6.22. The predicted molar refractivity (Wildman–Crippen MR) is 68.7 cm³/mol. The first-order valence-electron chi connectivity index (χ1n) is 5.43. The van der Waals surface area contributed by atoms with Crippen LogP contribution in [0, 0.1) is 5.92 Å². The van der Waals surface area contributed by atoms with E-state index in [1.807, 2.05) is 12.1 Å². The summed E-state index contributed by atoms with van der Waals surface area (Å²) in [5.74, 6) is -0.662. The maximum atomic E-state index is 10.9. The van der Waals surface area contributed by atoms with Gasteiger partial charge in [-0.15, -0.1) is 0 Å². The first kappa shape index (κ1) is 13.2. The molecule has 2 nitrogen and oxygen atoms in total. The molecule has 0 amide bonds. The number of rotatable bonds is 4. The van der Waals surface area contributed by atoms with Crippen molar-refractivity contribution < 1.29 is 9.90 Å². The first-order chi connectivity index (χ1) is 7.41. The number of carbonyl (C=O) groups is 1. The summed E-state index contributed by atoms with van der Waals surface area (Å²) in [6.45, 7) is 5.99. The number of carboxylic acid groups (broad SMARTS) is 1. The van der Waals surface area contributed by atoms with Crippen LogP contribution in [0.1, 0.15) is 37.8 Å². The Hall–Kier alpha value is -0.830. The largest absolute Gasteiger partial charge is 0.481 e. The van der Waals surface area contributed by atoms with Gasteiger partial charge in [-0.2, -0.15) is 0 Å². The summed E-state index contributed by atoms with van der Waals surface area (Å²) < 4.78 is 1.00. The SMILES string of the molecule is CC(Cc1cc(Br)ccc1C(C)C)C(=O)O. The molecule has 1 unspecified atom stereocenters. The van der Waals surface area contributed by atoms with Gasteiger partial charge >= 0.3 is 5.97 Å². The second-order valence-corrected chi connectivity index (χ2v) is 5.36. The van der Waals surface area contributed by atoms with Crippen molar-refractivity contribution in [1.82, 2.24) is 0 Å². The minimum atomic E-state index is -0.741. The third-order valence-electron chi connectivity index (χ3n) is 2.67. The smallest absolute Gasteiger partial charge is 0.306 e. The Kier molecular flexibility index (Phi) is 4.54. The Bertz CT molecular complexity index is 386. The van der Waals surface area contributed by atoms with Crippen LogP contribution in [0.25, 0.3) is 0 Å². The van der Waals surface area contributed by atoms with Crippen molar-refractivity contribution in [1.29, 1.82) is 0 Å². The molecule has 1 aromatic carbocycles. The fraction of sp³-hybridized carbons (Fsp3) is 0.462. The van der Waals surface area contributed by atoms with Crippen molar-refractivity contribution in [2.24, 2.45) is 5.92 Å². The molecular weight excluding hydrogens is 268 g/mol. The highest BCUT2D eigenvalue weighted by atomic mass is 79.9. The Morgan fingerprint density at radius 2 is 2.00 bits per heavy atom. The molecule has 0 radical (unpaired) electrons. The van der Waals surface area contributed by atoms with E-state index < -0.39 is 5.97 Å². The van der Waals surface area contributed by atoms with Gasteiger partial charge < -0.3 is 5.11 Å². The molecule has 0 aliphatic rings. The van der Waals surface area contributed by atoms with E-state index in [2.05, 4.69) is 35.8 Å². The van der Waals surface area contributed by atoms with E-state index in [1.165, 1.54) is 5.56 Å². The van der Waals surface area contributed by atoms with Crippen molar-refractivity contribution >= 4 is 21.9 Å². The highest BCUT2D eigenvalue weighted by Gasteiger charge is 2.15. The summed E-state index contributed by atoms with van der Waals surface area (Å²) in [5.41, 5.74) is 2.36. The molecule has 0 bridgehead atoms. The summed E-state index contributed by atoms with van der Waals surface area (Å²) in [7, 11) is 0. The van der Waals surface area contributed by atoms with E-state index in [0.717, 1.165) is 10.0 Å². The lowest BCUT2D eigenvalue weighted by Gasteiger charge is -2.15. The molecule has 0 aromatic heterocycles. The number of halogens is 1. The van der Waals surface area contributed by atoms with Crippen LogP contribution < -0.4 is 0 Å². The molecule has 0 fully saturated rings. The molecule has 0 heterocycles. The zero-order valence-electron chi connectivity index (χ0n) is 9.83. The molecule has 0 saturated carbocycles. The van der Waals surface area contributed by atoms with Crippen LogP contribution in [0.2, 0.25) is 0 Å². The molecule has 88 valence electrons. The van der Waals surface area contributed by atoms with Gasteiger partial charge in [-0.1, -0.05) is 42.8 Å². The van der Waals surface area contributed by atoms with Crippen LogP contribution in [0.15, 0.2) is 22.7 Å². The Morgan fingerprint density at radius 1 is 1.38 bits per heavy atom. The third kappa shape index (κ3) is 3.34. The molecular formula is C13H17BrO2. The number of aliphatic carboxylic acids is 1. The second-order valence-electron chi connectivity index (χ2n) is 4.44. The van der Waals surface area contributed by atoms with Gasteiger partial charge in [-0.25, -0.2) is 0 Å². The van der Waals surface area contributed by atoms with Crippen molar-refractivity contribution in [3.8, 4) is 0 Å². The van der Waals surface area contributed by atoms with Crippen LogP contribution >= 0.6 is 15.9 Å². The lowest BCUT2D eigenvalue weighted by molar-refractivity contribution is -0.141. The Morgan fingerprint density at radius 3 is 2.50 bits per heavy atom. The van der Waals surface area contributed by atoms with E-state index in [-0.39, 0.29) is 5.92 Å². The summed E-state index contributed by atoms with van der Waals surface area (Å²) >= 11 is 3.42. The van der Waals surface area contributed by atoms with E-state index >= 15 is 0 Å². The summed E-state index contributed by atoms with van der Waals surface area (Å²) in [6.07, 6.45) is 0.586. The highest BCUT2D eigenvalue weighted by molar-refractivity contribution is 9.10. The van der Waals surface area contributed by atoms with Gasteiger partial charge in [0, 0.05) is 4.47 Å². The molecule has 16 heavy (non-hydrogen) atoms. The molecule has 0 aliphatic heterocycles. The average Bonchev–Trinajstić information content (AvgIpc) is 2.16. The van der Waals surface area contributed by atoms with Gasteiger partial charge in [0.2, 0.25) is 0 Å². The van der Waals surface area contributed by atoms with Gasteiger partial charge in [-0.3, -0.25) is 4.79 Å². The molecule has 0 saturated heterocycles. The predicted octanol–water partition coefficient (Wildman–Crippen LogP) is 3.84. The zero-order chi connectivity index (χ0) is 12.3. The quantitative estimate of drug-likeness (QED) is 0.912. The van der Waals surface area contributed by atoms with E-state index in [9.17, 15) is 4.79 Å². The standard InChI is InChI=1S/C13H17BrO2/c1-8(2)12-5-4-11(14)7-10(12)6-9(3)13(15)16/h4-5,7-9H,6H2,1-3H3,(H,15,16). The van der Waals surface area contributed by atoms with Gasteiger partial charge in [-0.05, 0) is 35.6 Å². The molecule has 0 aliphatic carbocycles. The minimum Gasteiger partial charge on any atom is -0.481 e. The average molecular weight is 285 g/mol. The molecule has 1 rings (SSSR count). The maximum Gasteiger partial charge on any atom is 0.306 e. The third-order valence-corrected chi connectivity index (χ3v) is 3.17. The Balaban J connectivity index is 3.01. The Labute approximate surface area is 105 Å². The summed E-state index contributed by atoms with van der Waals surface area (Å²) in [4.78, 5) is 10.9. The van der Waals surface area contributed by atoms with Crippen LogP contribution in [-0.2, 0) is 11.2 Å². The highest BCUT2D eigenvalue weighted by Crippen LogP contribution is 2.25. The fourth-order valence-electron chi connectivity index (χ4n) is 1.73. The topological polar surface area (TPSA) is 37.3 Å².